The number of hydrogen-bond acceptors (Lipinski definition) is 2. The number of urea groups is 1. The summed E-state index contributed by atoms with van der Waals surface area (Å²) in [7, 11) is 0. The van der Waals surface area contributed by atoms with E-state index in [4.69, 9.17) is 16.3 Å². The molecule has 0 atom stereocenters. The predicted octanol–water partition coefficient (Wildman–Crippen LogP) is 4.24. The molecule has 22 heavy (non-hydrogen) atoms. The minimum Gasteiger partial charge on any atom is -0.492 e. The highest BCUT2D eigenvalue weighted by atomic mass is 35.5. The van der Waals surface area contributed by atoms with Crippen molar-refractivity contribution >= 4 is 23.3 Å². The fraction of sp³-hybridized carbons (Fsp3) is 0.235. The summed E-state index contributed by atoms with van der Waals surface area (Å²) >= 11 is 5.98. The molecule has 0 heterocycles. The van der Waals surface area contributed by atoms with Crippen LogP contribution in [0.2, 0.25) is 5.02 Å². The lowest BCUT2D eigenvalue weighted by atomic mass is 10.2. The van der Waals surface area contributed by atoms with Gasteiger partial charge >= 0.3 is 6.03 Å². The first-order chi connectivity index (χ1) is 10.6. The lowest BCUT2D eigenvalue weighted by Gasteiger charge is -2.09. The van der Waals surface area contributed by atoms with Crippen molar-refractivity contribution in [2.45, 2.75) is 13.3 Å². The van der Waals surface area contributed by atoms with Crippen LogP contribution in [0.5, 0.6) is 5.75 Å². The quantitative estimate of drug-likeness (QED) is 0.783. The smallest absolute Gasteiger partial charge is 0.319 e. The zero-order valence-electron chi connectivity index (χ0n) is 12.4. The lowest BCUT2D eigenvalue weighted by molar-refractivity contribution is 0.250. The second-order valence-electron chi connectivity index (χ2n) is 4.88. The Labute approximate surface area is 135 Å². The fourth-order valence-corrected chi connectivity index (χ4v) is 2.02. The maximum Gasteiger partial charge on any atom is 0.319 e. The van der Waals surface area contributed by atoms with E-state index in [2.05, 4.69) is 10.6 Å². The predicted molar refractivity (Wildman–Crippen MR) is 89.8 cm³/mol. The molecule has 0 aliphatic rings. The van der Waals surface area contributed by atoms with Crippen LogP contribution in [0.3, 0.4) is 0 Å². The average molecular weight is 319 g/mol. The van der Waals surface area contributed by atoms with Crippen LogP contribution in [0.15, 0.2) is 48.5 Å². The Hall–Kier alpha value is -2.20. The molecule has 5 heteroatoms. The second-order valence-corrected chi connectivity index (χ2v) is 5.29. The van der Waals surface area contributed by atoms with Gasteiger partial charge in [-0.25, -0.2) is 4.79 Å². The molecule has 0 spiro atoms. The van der Waals surface area contributed by atoms with Gasteiger partial charge in [0.05, 0.1) is 11.6 Å². The summed E-state index contributed by atoms with van der Waals surface area (Å²) in [5.41, 5.74) is 1.93. The van der Waals surface area contributed by atoms with E-state index in [9.17, 15) is 4.79 Å². The fourth-order valence-electron chi connectivity index (χ4n) is 1.83. The third-order valence-electron chi connectivity index (χ3n) is 3.01. The standard InChI is InChI=1S/C17H19ClN2O2/c1-13-7-9-14(10-8-13)20-17(21)19-11-4-12-22-16-6-3-2-5-15(16)18/h2-3,5-10H,4,11-12H2,1H3,(H2,19,20,21). The van der Waals surface area contributed by atoms with Crippen LogP contribution in [0.4, 0.5) is 10.5 Å². The summed E-state index contributed by atoms with van der Waals surface area (Å²) in [6.45, 7) is 3.03. The minimum atomic E-state index is -0.221. The highest BCUT2D eigenvalue weighted by molar-refractivity contribution is 6.32. The first-order valence-corrected chi connectivity index (χ1v) is 7.52. The molecular weight excluding hydrogens is 300 g/mol. The first-order valence-electron chi connectivity index (χ1n) is 7.14. The Morgan fingerprint density at radius 2 is 1.86 bits per heavy atom. The molecule has 0 bridgehead atoms. The van der Waals surface area contributed by atoms with Crippen molar-refractivity contribution in [2.75, 3.05) is 18.5 Å². The number of benzene rings is 2. The third-order valence-corrected chi connectivity index (χ3v) is 3.32. The molecule has 2 amide bonds. The number of ether oxygens (including phenoxy) is 1. The SMILES string of the molecule is Cc1ccc(NC(=O)NCCCOc2ccccc2Cl)cc1. The van der Waals surface area contributed by atoms with Gasteiger partial charge in [0.2, 0.25) is 0 Å². The van der Waals surface area contributed by atoms with E-state index < -0.39 is 0 Å². The minimum absolute atomic E-state index is 0.221. The lowest BCUT2D eigenvalue weighted by Crippen LogP contribution is -2.30. The molecule has 0 radical (unpaired) electrons. The number of rotatable bonds is 6. The molecule has 0 saturated carbocycles. The number of anilines is 1. The van der Waals surface area contributed by atoms with E-state index in [1.165, 1.54) is 0 Å². The van der Waals surface area contributed by atoms with E-state index in [0.29, 0.717) is 30.3 Å². The van der Waals surface area contributed by atoms with Gasteiger partial charge in [-0.15, -0.1) is 0 Å². The van der Waals surface area contributed by atoms with Gasteiger partial charge in [0.15, 0.2) is 0 Å². The largest absolute Gasteiger partial charge is 0.492 e. The zero-order chi connectivity index (χ0) is 15.8. The van der Waals surface area contributed by atoms with E-state index in [-0.39, 0.29) is 6.03 Å². The Kier molecular flexibility index (Phi) is 6.10. The number of carbonyl (C=O) groups excluding carboxylic acids is 1. The maximum atomic E-state index is 11.7. The van der Waals surface area contributed by atoms with Crippen molar-refractivity contribution in [3.05, 3.63) is 59.1 Å². The number of hydrogen-bond donors (Lipinski definition) is 2. The van der Waals surface area contributed by atoms with Gasteiger partial charge in [-0.05, 0) is 37.6 Å². The molecule has 0 aromatic heterocycles. The van der Waals surface area contributed by atoms with Crippen LogP contribution in [-0.2, 0) is 0 Å². The molecule has 0 fully saturated rings. The summed E-state index contributed by atoms with van der Waals surface area (Å²) in [5.74, 6) is 0.660. The summed E-state index contributed by atoms with van der Waals surface area (Å²) < 4.78 is 5.55. The number of carbonyl (C=O) groups is 1. The molecule has 2 rings (SSSR count). The van der Waals surface area contributed by atoms with E-state index >= 15 is 0 Å². The number of aryl methyl sites for hydroxylation is 1. The third kappa shape index (κ3) is 5.30. The normalized spacial score (nSPS) is 10.1. The van der Waals surface area contributed by atoms with Crippen molar-refractivity contribution in [2.24, 2.45) is 0 Å². The van der Waals surface area contributed by atoms with Crippen LogP contribution in [0.1, 0.15) is 12.0 Å². The van der Waals surface area contributed by atoms with E-state index in [1.807, 2.05) is 49.4 Å². The molecular formula is C17H19ClN2O2. The average Bonchev–Trinajstić information content (AvgIpc) is 2.51. The number of halogens is 1. The molecule has 4 nitrogen and oxygen atoms in total. The van der Waals surface area contributed by atoms with Crippen molar-refractivity contribution < 1.29 is 9.53 Å². The second kappa shape index (κ2) is 8.29. The summed E-state index contributed by atoms with van der Waals surface area (Å²) in [4.78, 5) is 11.7. The topological polar surface area (TPSA) is 50.4 Å². The number of nitrogens with one attached hydrogen (secondary N) is 2. The van der Waals surface area contributed by atoms with Gasteiger partial charge in [0, 0.05) is 12.2 Å². The van der Waals surface area contributed by atoms with Gasteiger partial charge in [-0.3, -0.25) is 0 Å². The molecule has 116 valence electrons. The molecule has 0 aliphatic heterocycles. The van der Waals surface area contributed by atoms with Gasteiger partial charge in [0.1, 0.15) is 5.75 Å². The highest BCUT2D eigenvalue weighted by Gasteiger charge is 2.02. The monoisotopic (exact) mass is 318 g/mol. The van der Waals surface area contributed by atoms with E-state index in [1.54, 1.807) is 6.07 Å². The Morgan fingerprint density at radius 3 is 2.59 bits per heavy atom. The summed E-state index contributed by atoms with van der Waals surface area (Å²) in [6.07, 6.45) is 0.701. The maximum absolute atomic E-state index is 11.7. The van der Waals surface area contributed by atoms with Gasteiger partial charge in [-0.2, -0.15) is 0 Å². The molecule has 2 aromatic rings. The first kappa shape index (κ1) is 16.2. The van der Waals surface area contributed by atoms with Crippen LogP contribution < -0.4 is 15.4 Å². The highest BCUT2D eigenvalue weighted by Crippen LogP contribution is 2.22. The Balaban J connectivity index is 1.63. The number of amides is 2. The number of para-hydroxylation sites is 1. The van der Waals surface area contributed by atoms with E-state index in [0.717, 1.165) is 11.3 Å². The van der Waals surface area contributed by atoms with Crippen molar-refractivity contribution in [3.8, 4) is 5.75 Å². The summed E-state index contributed by atoms with van der Waals surface area (Å²) in [5, 5.41) is 6.15. The van der Waals surface area contributed by atoms with Crippen LogP contribution in [0.25, 0.3) is 0 Å². The molecule has 0 aliphatic carbocycles. The Bertz CT molecular complexity index is 614. The molecule has 2 N–H and O–H groups in total. The molecule has 2 aromatic carbocycles. The van der Waals surface area contributed by atoms with Crippen molar-refractivity contribution in [3.63, 3.8) is 0 Å². The Morgan fingerprint density at radius 1 is 1.14 bits per heavy atom. The van der Waals surface area contributed by atoms with Crippen molar-refractivity contribution in [1.29, 1.82) is 0 Å². The molecule has 0 unspecified atom stereocenters. The van der Waals surface area contributed by atoms with Gasteiger partial charge < -0.3 is 15.4 Å². The summed E-state index contributed by atoms with van der Waals surface area (Å²) in [6, 6.07) is 14.7. The van der Waals surface area contributed by atoms with Crippen LogP contribution in [-0.4, -0.2) is 19.2 Å². The zero-order valence-corrected chi connectivity index (χ0v) is 13.2. The van der Waals surface area contributed by atoms with Crippen LogP contribution in [0, 0.1) is 6.92 Å². The van der Waals surface area contributed by atoms with Crippen molar-refractivity contribution in [1.82, 2.24) is 5.32 Å². The van der Waals surface area contributed by atoms with Crippen LogP contribution >= 0.6 is 11.6 Å². The molecule has 0 saturated heterocycles. The van der Waals surface area contributed by atoms with Gasteiger partial charge in [0.25, 0.3) is 0 Å². The van der Waals surface area contributed by atoms with Gasteiger partial charge in [-0.1, -0.05) is 41.4 Å².